The van der Waals surface area contributed by atoms with Crippen molar-refractivity contribution in [2.24, 2.45) is 11.8 Å². The molecule has 2 atom stereocenters. The largest absolute Gasteiger partial charge is 0.207 e. The van der Waals surface area contributed by atoms with Gasteiger partial charge in [0.15, 0.2) is 0 Å². The second-order valence-electron chi connectivity index (χ2n) is 4.86. The summed E-state index contributed by atoms with van der Waals surface area (Å²) >= 11 is 0. The fraction of sp³-hybridized carbons (Fsp3) is 0.571. The molecule has 0 nitrogen and oxygen atoms in total. The minimum absolute atomic E-state index is 0.101. The second kappa shape index (κ2) is 4.78. The van der Waals surface area contributed by atoms with Crippen LogP contribution in [-0.2, 0) is 6.42 Å². The highest BCUT2D eigenvalue weighted by Crippen LogP contribution is 2.32. The van der Waals surface area contributed by atoms with Crippen LogP contribution in [-0.4, -0.2) is 0 Å². The van der Waals surface area contributed by atoms with E-state index in [1.807, 2.05) is 12.1 Å². The molecular weight excluding hydrogens is 187 g/mol. The van der Waals surface area contributed by atoms with Crippen molar-refractivity contribution in [3.05, 3.63) is 35.6 Å². The first-order chi connectivity index (χ1) is 7.25. The van der Waals surface area contributed by atoms with Crippen molar-refractivity contribution in [1.29, 1.82) is 0 Å². The molecule has 0 N–H and O–H groups in total. The van der Waals surface area contributed by atoms with Gasteiger partial charge in [0.1, 0.15) is 5.82 Å². The molecule has 1 aliphatic carbocycles. The quantitative estimate of drug-likeness (QED) is 0.680. The van der Waals surface area contributed by atoms with Gasteiger partial charge in [0.25, 0.3) is 0 Å². The zero-order valence-corrected chi connectivity index (χ0v) is 9.38. The number of benzene rings is 1. The van der Waals surface area contributed by atoms with Crippen molar-refractivity contribution in [1.82, 2.24) is 0 Å². The van der Waals surface area contributed by atoms with Crippen LogP contribution in [0.4, 0.5) is 4.39 Å². The highest BCUT2D eigenvalue weighted by molar-refractivity contribution is 5.17. The van der Waals surface area contributed by atoms with Gasteiger partial charge in [-0.3, -0.25) is 0 Å². The van der Waals surface area contributed by atoms with Crippen LogP contribution in [0.15, 0.2) is 24.3 Å². The van der Waals surface area contributed by atoms with Crippen LogP contribution < -0.4 is 0 Å². The van der Waals surface area contributed by atoms with Crippen molar-refractivity contribution in [3.63, 3.8) is 0 Å². The van der Waals surface area contributed by atoms with Crippen LogP contribution in [0.1, 0.15) is 38.2 Å². The van der Waals surface area contributed by atoms with Crippen LogP contribution in [0.2, 0.25) is 0 Å². The van der Waals surface area contributed by atoms with Crippen LogP contribution in [0.25, 0.3) is 0 Å². The molecule has 0 aromatic heterocycles. The Kier molecular flexibility index (Phi) is 3.40. The molecule has 0 spiro atoms. The summed E-state index contributed by atoms with van der Waals surface area (Å²) in [5.74, 6) is 1.47. The van der Waals surface area contributed by atoms with Crippen LogP contribution in [0.5, 0.6) is 0 Å². The Labute approximate surface area is 91.5 Å². The lowest BCUT2D eigenvalue weighted by Gasteiger charge is -2.28. The molecule has 0 aliphatic heterocycles. The summed E-state index contributed by atoms with van der Waals surface area (Å²) in [5, 5.41) is 0. The Morgan fingerprint density at radius 3 is 2.80 bits per heavy atom. The van der Waals surface area contributed by atoms with E-state index in [4.69, 9.17) is 0 Å². The van der Waals surface area contributed by atoms with Gasteiger partial charge in [0.2, 0.25) is 0 Å². The summed E-state index contributed by atoms with van der Waals surface area (Å²) in [7, 11) is 0. The lowest BCUT2D eigenvalue weighted by Crippen LogP contribution is -2.18. The molecular formula is C14H19F. The summed E-state index contributed by atoms with van der Waals surface area (Å²) in [6.07, 6.45) is 6.45. The van der Waals surface area contributed by atoms with Gasteiger partial charge in [-0.2, -0.15) is 0 Å². The Morgan fingerprint density at radius 2 is 2.07 bits per heavy atom. The molecule has 82 valence electrons. The highest BCUT2D eigenvalue weighted by Gasteiger charge is 2.21. The minimum Gasteiger partial charge on any atom is -0.207 e. The molecule has 0 saturated heterocycles. The van der Waals surface area contributed by atoms with E-state index < -0.39 is 0 Å². The lowest BCUT2D eigenvalue weighted by atomic mass is 9.77. The van der Waals surface area contributed by atoms with E-state index in [-0.39, 0.29) is 5.82 Å². The van der Waals surface area contributed by atoms with E-state index in [0.717, 1.165) is 23.8 Å². The third kappa shape index (κ3) is 2.80. The van der Waals surface area contributed by atoms with Crippen LogP contribution >= 0.6 is 0 Å². The van der Waals surface area contributed by atoms with Gasteiger partial charge in [-0.25, -0.2) is 4.39 Å². The number of rotatable bonds is 2. The zero-order valence-electron chi connectivity index (χ0n) is 9.38. The molecule has 0 amide bonds. The average Bonchev–Trinajstić information content (AvgIpc) is 2.22. The summed E-state index contributed by atoms with van der Waals surface area (Å²) in [6.45, 7) is 2.34. The molecule has 1 heteroatoms. The first-order valence-electron chi connectivity index (χ1n) is 6.00. The number of halogens is 1. The SMILES string of the molecule is CC1CCCCC1Cc1cccc(F)c1. The van der Waals surface area contributed by atoms with E-state index in [2.05, 4.69) is 6.92 Å². The van der Waals surface area contributed by atoms with Crippen molar-refractivity contribution in [2.75, 3.05) is 0 Å². The normalized spacial score (nSPS) is 26.5. The maximum absolute atomic E-state index is 13.0. The first kappa shape index (κ1) is 10.7. The van der Waals surface area contributed by atoms with Crippen molar-refractivity contribution in [3.8, 4) is 0 Å². The Bertz CT molecular complexity index is 319. The molecule has 0 heterocycles. The Morgan fingerprint density at radius 1 is 1.27 bits per heavy atom. The second-order valence-corrected chi connectivity index (χ2v) is 4.86. The minimum atomic E-state index is -0.101. The summed E-state index contributed by atoms with van der Waals surface area (Å²) < 4.78 is 13.0. The third-order valence-electron chi connectivity index (χ3n) is 3.68. The molecule has 15 heavy (non-hydrogen) atoms. The van der Waals surface area contributed by atoms with Crippen molar-refractivity contribution < 1.29 is 4.39 Å². The Hall–Kier alpha value is -0.850. The van der Waals surface area contributed by atoms with Crippen LogP contribution in [0.3, 0.4) is 0 Å². The summed E-state index contributed by atoms with van der Waals surface area (Å²) in [5.41, 5.74) is 1.16. The van der Waals surface area contributed by atoms with Gasteiger partial charge < -0.3 is 0 Å². The van der Waals surface area contributed by atoms with Gasteiger partial charge in [0, 0.05) is 0 Å². The molecule has 1 aromatic carbocycles. The standard InChI is InChI=1S/C14H19F/c1-11-5-2-3-7-13(11)9-12-6-4-8-14(15)10-12/h4,6,8,10-11,13H,2-3,5,7,9H2,1H3. The smallest absolute Gasteiger partial charge is 0.123 e. The molecule has 1 saturated carbocycles. The van der Waals surface area contributed by atoms with Crippen LogP contribution in [0, 0.1) is 17.7 Å². The van der Waals surface area contributed by atoms with E-state index in [1.165, 1.54) is 31.7 Å². The fourth-order valence-corrected chi connectivity index (χ4v) is 2.66. The van der Waals surface area contributed by atoms with Gasteiger partial charge >= 0.3 is 0 Å². The number of hydrogen-bond donors (Lipinski definition) is 0. The van der Waals surface area contributed by atoms with E-state index in [1.54, 1.807) is 6.07 Å². The van der Waals surface area contributed by atoms with E-state index >= 15 is 0 Å². The third-order valence-corrected chi connectivity index (χ3v) is 3.68. The Balaban J connectivity index is 2.01. The average molecular weight is 206 g/mol. The fourth-order valence-electron chi connectivity index (χ4n) is 2.66. The predicted octanol–water partition coefficient (Wildman–Crippen LogP) is 4.19. The van der Waals surface area contributed by atoms with Gasteiger partial charge in [-0.05, 0) is 42.4 Å². The first-order valence-corrected chi connectivity index (χ1v) is 6.00. The van der Waals surface area contributed by atoms with Gasteiger partial charge in [0.05, 0.1) is 0 Å². The maximum atomic E-state index is 13.0. The van der Waals surface area contributed by atoms with Crippen molar-refractivity contribution >= 4 is 0 Å². The molecule has 1 aliphatic rings. The van der Waals surface area contributed by atoms with E-state index in [0.29, 0.717) is 0 Å². The molecule has 0 bridgehead atoms. The maximum Gasteiger partial charge on any atom is 0.123 e. The molecule has 1 aromatic rings. The summed E-state index contributed by atoms with van der Waals surface area (Å²) in [6, 6.07) is 7.07. The monoisotopic (exact) mass is 206 g/mol. The summed E-state index contributed by atoms with van der Waals surface area (Å²) in [4.78, 5) is 0. The predicted molar refractivity (Wildman–Crippen MR) is 61.2 cm³/mol. The topological polar surface area (TPSA) is 0 Å². The van der Waals surface area contributed by atoms with E-state index in [9.17, 15) is 4.39 Å². The highest BCUT2D eigenvalue weighted by atomic mass is 19.1. The lowest BCUT2D eigenvalue weighted by molar-refractivity contribution is 0.254. The van der Waals surface area contributed by atoms with Gasteiger partial charge in [-0.15, -0.1) is 0 Å². The number of hydrogen-bond acceptors (Lipinski definition) is 0. The zero-order chi connectivity index (χ0) is 10.7. The van der Waals surface area contributed by atoms with Gasteiger partial charge in [-0.1, -0.05) is 38.3 Å². The molecule has 2 unspecified atom stereocenters. The molecule has 0 radical (unpaired) electrons. The molecule has 1 fully saturated rings. The molecule has 2 rings (SSSR count). The van der Waals surface area contributed by atoms with Crippen molar-refractivity contribution in [2.45, 2.75) is 39.0 Å².